The molecule has 1 saturated carbocycles. The summed E-state index contributed by atoms with van der Waals surface area (Å²) in [7, 11) is 0. The second kappa shape index (κ2) is 8.14. The molecule has 0 N–H and O–H groups in total. The first-order valence-electron chi connectivity index (χ1n) is 10.8. The van der Waals surface area contributed by atoms with Gasteiger partial charge < -0.3 is 4.40 Å². The zero-order valence-corrected chi connectivity index (χ0v) is 17.3. The zero-order chi connectivity index (χ0) is 20.5. The SMILES string of the molecule is Cc1cn2cc(C[C@H]3CC[C@H](C(=O)N4OCC[C@H]4c4cnccn4)CC3)ccc2n1. The molecular formula is C23H27N5O2. The fourth-order valence-corrected chi connectivity index (χ4v) is 4.85. The second-order valence-electron chi connectivity index (χ2n) is 8.54. The first-order chi connectivity index (χ1) is 14.7. The van der Waals surface area contributed by atoms with E-state index in [-0.39, 0.29) is 17.9 Å². The van der Waals surface area contributed by atoms with Crippen LogP contribution >= 0.6 is 0 Å². The third-order valence-corrected chi connectivity index (χ3v) is 6.40. The van der Waals surface area contributed by atoms with Crippen molar-refractivity contribution in [1.82, 2.24) is 24.4 Å². The molecule has 0 unspecified atom stereocenters. The normalized spacial score (nSPS) is 24.4. The molecule has 0 bridgehead atoms. The number of nitrogens with zero attached hydrogens (tertiary/aromatic N) is 5. The van der Waals surface area contributed by atoms with Crippen molar-refractivity contribution in [3.8, 4) is 0 Å². The zero-order valence-electron chi connectivity index (χ0n) is 17.3. The molecule has 3 aromatic heterocycles. The minimum Gasteiger partial charge on any atom is -0.307 e. The van der Waals surface area contributed by atoms with Gasteiger partial charge in [-0.1, -0.05) is 6.07 Å². The molecule has 0 radical (unpaired) electrons. The molecule has 7 heteroatoms. The van der Waals surface area contributed by atoms with E-state index >= 15 is 0 Å². The lowest BCUT2D eigenvalue weighted by Crippen LogP contribution is -2.37. The maximum atomic E-state index is 13.1. The van der Waals surface area contributed by atoms with E-state index < -0.39 is 0 Å². The molecule has 156 valence electrons. The first-order valence-corrected chi connectivity index (χ1v) is 10.8. The van der Waals surface area contributed by atoms with Crippen LogP contribution in [0, 0.1) is 18.8 Å². The second-order valence-corrected chi connectivity index (χ2v) is 8.54. The molecule has 2 aliphatic rings. The van der Waals surface area contributed by atoms with E-state index in [0.29, 0.717) is 12.5 Å². The van der Waals surface area contributed by atoms with Crippen LogP contribution in [0.1, 0.15) is 55.1 Å². The molecule has 0 spiro atoms. The fourth-order valence-electron chi connectivity index (χ4n) is 4.85. The van der Waals surface area contributed by atoms with Crippen LogP contribution < -0.4 is 0 Å². The highest BCUT2D eigenvalue weighted by Gasteiger charge is 2.37. The van der Waals surface area contributed by atoms with E-state index in [0.717, 1.165) is 55.6 Å². The number of carbonyl (C=O) groups excluding carboxylic acids is 1. The van der Waals surface area contributed by atoms with Gasteiger partial charge in [0.05, 0.1) is 24.2 Å². The van der Waals surface area contributed by atoms with Crippen LogP contribution in [0.2, 0.25) is 0 Å². The number of hydrogen-bond acceptors (Lipinski definition) is 5. The van der Waals surface area contributed by atoms with Crippen molar-refractivity contribution in [3.63, 3.8) is 0 Å². The van der Waals surface area contributed by atoms with E-state index in [2.05, 4.69) is 43.9 Å². The predicted molar refractivity (Wildman–Crippen MR) is 111 cm³/mol. The van der Waals surface area contributed by atoms with Crippen LogP contribution in [0.4, 0.5) is 0 Å². The Morgan fingerprint density at radius 1 is 1.13 bits per heavy atom. The molecule has 1 aliphatic heterocycles. The van der Waals surface area contributed by atoms with Crippen LogP contribution in [-0.4, -0.2) is 36.9 Å². The lowest BCUT2D eigenvalue weighted by atomic mass is 9.79. The Balaban J connectivity index is 1.19. The van der Waals surface area contributed by atoms with Gasteiger partial charge in [-0.05, 0) is 56.6 Å². The highest BCUT2D eigenvalue weighted by Crippen LogP contribution is 2.36. The van der Waals surface area contributed by atoms with E-state index in [4.69, 9.17) is 4.84 Å². The third-order valence-electron chi connectivity index (χ3n) is 6.40. The maximum Gasteiger partial charge on any atom is 0.249 e. The molecule has 1 atom stereocenters. The number of aryl methyl sites for hydroxylation is 1. The molecule has 0 aromatic carbocycles. The van der Waals surface area contributed by atoms with E-state index in [1.807, 2.05) is 6.92 Å². The summed E-state index contributed by atoms with van der Waals surface area (Å²) in [5, 5.41) is 1.57. The summed E-state index contributed by atoms with van der Waals surface area (Å²) in [5.41, 5.74) is 4.17. The van der Waals surface area contributed by atoms with Gasteiger partial charge in [-0.2, -0.15) is 0 Å². The molecule has 30 heavy (non-hydrogen) atoms. The number of pyridine rings is 1. The molecule has 4 heterocycles. The number of fused-ring (bicyclic) bond motifs is 1. The minimum absolute atomic E-state index is 0.0392. The summed E-state index contributed by atoms with van der Waals surface area (Å²) in [5.74, 6) is 0.764. The number of hydrogen-bond donors (Lipinski definition) is 0. The summed E-state index contributed by atoms with van der Waals surface area (Å²) in [6.45, 7) is 2.57. The number of amides is 1. The first kappa shape index (κ1) is 19.2. The Bertz CT molecular complexity index is 1030. The van der Waals surface area contributed by atoms with Crippen LogP contribution in [0.15, 0.2) is 43.1 Å². The smallest absolute Gasteiger partial charge is 0.249 e. The molecule has 7 nitrogen and oxygen atoms in total. The average Bonchev–Trinajstić information content (AvgIpc) is 3.40. The Hall–Kier alpha value is -2.80. The summed E-state index contributed by atoms with van der Waals surface area (Å²) in [6, 6.07) is 4.16. The third kappa shape index (κ3) is 3.81. The Morgan fingerprint density at radius 2 is 2.00 bits per heavy atom. The Kier molecular flexibility index (Phi) is 5.21. The largest absolute Gasteiger partial charge is 0.307 e. The molecule has 1 aliphatic carbocycles. The Labute approximate surface area is 176 Å². The van der Waals surface area contributed by atoms with E-state index in [1.54, 1.807) is 23.7 Å². The average molecular weight is 406 g/mol. The number of carbonyl (C=O) groups is 1. The van der Waals surface area contributed by atoms with Gasteiger partial charge in [0.1, 0.15) is 11.7 Å². The number of aromatic nitrogens is 4. The minimum atomic E-state index is -0.116. The molecule has 1 saturated heterocycles. The van der Waals surface area contributed by atoms with Gasteiger partial charge in [-0.25, -0.2) is 10.0 Å². The van der Waals surface area contributed by atoms with Gasteiger partial charge in [0.25, 0.3) is 0 Å². The van der Waals surface area contributed by atoms with Crippen LogP contribution in [0.5, 0.6) is 0 Å². The van der Waals surface area contributed by atoms with E-state index in [1.165, 1.54) is 5.56 Å². The van der Waals surface area contributed by atoms with Crippen LogP contribution in [0.3, 0.4) is 0 Å². The molecule has 5 rings (SSSR count). The summed E-state index contributed by atoms with van der Waals surface area (Å²) < 4.78 is 2.11. The summed E-state index contributed by atoms with van der Waals surface area (Å²) in [4.78, 5) is 31.9. The highest BCUT2D eigenvalue weighted by molar-refractivity contribution is 5.78. The quantitative estimate of drug-likeness (QED) is 0.662. The molecule has 3 aromatic rings. The maximum absolute atomic E-state index is 13.1. The van der Waals surface area contributed by atoms with Gasteiger partial charge >= 0.3 is 0 Å². The van der Waals surface area contributed by atoms with Crippen molar-refractivity contribution >= 4 is 11.6 Å². The molecular weight excluding hydrogens is 378 g/mol. The van der Waals surface area contributed by atoms with Crippen molar-refractivity contribution in [2.45, 2.75) is 51.5 Å². The fraction of sp³-hybridized carbons (Fsp3) is 0.478. The van der Waals surface area contributed by atoms with Gasteiger partial charge in [-0.3, -0.25) is 19.6 Å². The van der Waals surface area contributed by atoms with Crippen molar-refractivity contribution in [3.05, 3.63) is 60.1 Å². The van der Waals surface area contributed by atoms with Gasteiger partial charge in [0.15, 0.2) is 0 Å². The van der Waals surface area contributed by atoms with Gasteiger partial charge in [-0.15, -0.1) is 0 Å². The number of rotatable bonds is 4. The molecule has 2 fully saturated rings. The van der Waals surface area contributed by atoms with Crippen molar-refractivity contribution in [2.24, 2.45) is 11.8 Å². The predicted octanol–water partition coefficient (Wildman–Crippen LogP) is 3.69. The summed E-state index contributed by atoms with van der Waals surface area (Å²) in [6.07, 6.45) is 15.1. The number of hydroxylamine groups is 2. The van der Waals surface area contributed by atoms with E-state index in [9.17, 15) is 4.79 Å². The van der Waals surface area contributed by atoms with Crippen molar-refractivity contribution in [1.29, 1.82) is 0 Å². The Morgan fingerprint density at radius 3 is 2.80 bits per heavy atom. The number of imidazole rings is 1. The highest BCUT2D eigenvalue weighted by atomic mass is 16.7. The lowest BCUT2D eigenvalue weighted by molar-refractivity contribution is -0.183. The standard InChI is InChI=1S/C23H27N5O2/c1-16-14-27-15-18(4-7-22(27)26-16)12-17-2-5-19(6-3-17)23(29)28-21(8-11-30-28)20-13-24-9-10-25-20/h4,7,9-10,13-15,17,19,21H,2-3,5-6,8,11-12H2,1H3/t17-,19-,21-/m0/s1. The van der Waals surface area contributed by atoms with Crippen molar-refractivity contribution in [2.75, 3.05) is 6.61 Å². The monoisotopic (exact) mass is 405 g/mol. The van der Waals surface area contributed by atoms with Gasteiger partial charge in [0.2, 0.25) is 5.91 Å². The topological polar surface area (TPSA) is 72.6 Å². The summed E-state index contributed by atoms with van der Waals surface area (Å²) >= 11 is 0. The van der Waals surface area contributed by atoms with Crippen molar-refractivity contribution < 1.29 is 9.63 Å². The molecule has 1 amide bonds. The van der Waals surface area contributed by atoms with Gasteiger partial charge in [0, 0.05) is 37.1 Å². The van der Waals surface area contributed by atoms with Crippen LogP contribution in [-0.2, 0) is 16.1 Å². The lowest BCUT2D eigenvalue weighted by Gasteiger charge is -2.31. The van der Waals surface area contributed by atoms with Crippen LogP contribution in [0.25, 0.3) is 5.65 Å².